The van der Waals surface area contributed by atoms with Gasteiger partial charge in [-0.05, 0) is 47.7 Å². The van der Waals surface area contributed by atoms with Crippen LogP contribution in [-0.2, 0) is 11.4 Å². The SMILES string of the molecule is COc1cc(/C=C(\C#N)C(=O)Nc2cccc3ccccc23)ccc1OCc1ccc(C)cc1. The second-order valence-electron chi connectivity index (χ2n) is 7.84. The molecule has 5 nitrogen and oxygen atoms in total. The van der Waals surface area contributed by atoms with Crippen LogP contribution in [0.1, 0.15) is 16.7 Å². The van der Waals surface area contributed by atoms with Crippen molar-refractivity contribution in [2.24, 2.45) is 0 Å². The third kappa shape index (κ3) is 5.25. The number of ether oxygens (including phenoxy) is 2. The number of carbonyl (C=O) groups is 1. The molecule has 0 atom stereocenters. The lowest BCUT2D eigenvalue weighted by Crippen LogP contribution is -2.13. The van der Waals surface area contributed by atoms with Crippen molar-refractivity contribution < 1.29 is 14.3 Å². The Bertz CT molecular complexity index is 1390. The first-order chi connectivity index (χ1) is 16.6. The van der Waals surface area contributed by atoms with Crippen molar-refractivity contribution in [2.75, 3.05) is 12.4 Å². The van der Waals surface area contributed by atoms with Crippen LogP contribution in [0.2, 0.25) is 0 Å². The van der Waals surface area contributed by atoms with E-state index in [-0.39, 0.29) is 5.57 Å². The number of benzene rings is 4. The van der Waals surface area contributed by atoms with Gasteiger partial charge in [0.1, 0.15) is 18.2 Å². The number of aryl methyl sites for hydroxylation is 1. The number of amides is 1. The van der Waals surface area contributed by atoms with Gasteiger partial charge >= 0.3 is 0 Å². The van der Waals surface area contributed by atoms with E-state index in [1.807, 2.05) is 79.7 Å². The van der Waals surface area contributed by atoms with Crippen molar-refractivity contribution in [1.82, 2.24) is 0 Å². The molecule has 0 fully saturated rings. The van der Waals surface area contributed by atoms with E-state index in [1.54, 1.807) is 25.3 Å². The van der Waals surface area contributed by atoms with Gasteiger partial charge in [0, 0.05) is 11.1 Å². The standard InChI is InChI=1S/C29H24N2O3/c1-20-10-12-21(13-11-20)19-34-27-15-14-22(17-28(27)33-2)16-24(18-30)29(32)31-26-9-5-7-23-6-3-4-8-25(23)26/h3-17H,19H2,1-2H3,(H,31,32)/b24-16+. The van der Waals surface area contributed by atoms with Crippen LogP contribution in [-0.4, -0.2) is 13.0 Å². The molecule has 1 N–H and O–H groups in total. The van der Waals surface area contributed by atoms with Crippen molar-refractivity contribution >= 4 is 28.4 Å². The molecule has 0 saturated heterocycles. The highest BCUT2D eigenvalue weighted by atomic mass is 16.5. The van der Waals surface area contributed by atoms with E-state index < -0.39 is 5.91 Å². The highest BCUT2D eigenvalue weighted by Gasteiger charge is 2.13. The fraction of sp³-hybridized carbons (Fsp3) is 0.103. The van der Waals surface area contributed by atoms with Gasteiger partial charge in [0.25, 0.3) is 5.91 Å². The second kappa shape index (κ2) is 10.4. The molecule has 4 aromatic rings. The Morgan fingerprint density at radius 1 is 0.971 bits per heavy atom. The van der Waals surface area contributed by atoms with Gasteiger partial charge in [-0.1, -0.05) is 72.3 Å². The fourth-order valence-electron chi connectivity index (χ4n) is 3.58. The summed E-state index contributed by atoms with van der Waals surface area (Å²) in [7, 11) is 1.56. The van der Waals surface area contributed by atoms with Crippen molar-refractivity contribution in [3.8, 4) is 17.6 Å². The van der Waals surface area contributed by atoms with Crippen LogP contribution in [0, 0.1) is 18.3 Å². The highest BCUT2D eigenvalue weighted by Crippen LogP contribution is 2.30. The number of methoxy groups -OCH3 is 1. The molecule has 1 amide bonds. The summed E-state index contributed by atoms with van der Waals surface area (Å²) in [5, 5.41) is 14.4. The van der Waals surface area contributed by atoms with Crippen LogP contribution >= 0.6 is 0 Å². The number of carbonyl (C=O) groups excluding carboxylic acids is 1. The summed E-state index contributed by atoms with van der Waals surface area (Å²) in [6, 6.07) is 28.8. The van der Waals surface area contributed by atoms with Crippen molar-refractivity contribution in [1.29, 1.82) is 5.26 Å². The summed E-state index contributed by atoms with van der Waals surface area (Å²) in [5.74, 6) is 0.629. The molecule has 0 aliphatic rings. The van der Waals surface area contributed by atoms with E-state index in [0.29, 0.717) is 29.4 Å². The molecule has 0 heterocycles. The number of hydrogen-bond acceptors (Lipinski definition) is 4. The van der Waals surface area contributed by atoms with E-state index in [4.69, 9.17) is 9.47 Å². The lowest BCUT2D eigenvalue weighted by Gasteiger charge is -2.12. The zero-order valence-electron chi connectivity index (χ0n) is 19.0. The molecular formula is C29H24N2O3. The van der Waals surface area contributed by atoms with Crippen LogP contribution in [0.25, 0.3) is 16.8 Å². The first kappa shape index (κ1) is 22.6. The maximum absolute atomic E-state index is 12.8. The van der Waals surface area contributed by atoms with E-state index >= 15 is 0 Å². The molecule has 0 radical (unpaired) electrons. The van der Waals surface area contributed by atoms with Gasteiger partial charge in [0.05, 0.1) is 7.11 Å². The summed E-state index contributed by atoms with van der Waals surface area (Å²) in [4.78, 5) is 12.8. The van der Waals surface area contributed by atoms with Gasteiger partial charge in [-0.2, -0.15) is 5.26 Å². The normalized spacial score (nSPS) is 11.0. The van der Waals surface area contributed by atoms with Gasteiger partial charge in [0.2, 0.25) is 0 Å². The van der Waals surface area contributed by atoms with Crippen LogP contribution in [0.4, 0.5) is 5.69 Å². The number of nitriles is 1. The van der Waals surface area contributed by atoms with Gasteiger partial charge in [-0.3, -0.25) is 4.79 Å². The summed E-state index contributed by atoms with van der Waals surface area (Å²) in [5.41, 5.74) is 3.54. The summed E-state index contributed by atoms with van der Waals surface area (Å²) >= 11 is 0. The van der Waals surface area contributed by atoms with Crippen LogP contribution in [0.15, 0.2) is 90.5 Å². The van der Waals surface area contributed by atoms with E-state index in [9.17, 15) is 10.1 Å². The van der Waals surface area contributed by atoms with E-state index in [2.05, 4.69) is 5.32 Å². The molecule has 5 heteroatoms. The number of hydrogen-bond donors (Lipinski definition) is 1. The molecule has 168 valence electrons. The van der Waals surface area contributed by atoms with Crippen molar-refractivity contribution in [2.45, 2.75) is 13.5 Å². The first-order valence-corrected chi connectivity index (χ1v) is 10.8. The number of anilines is 1. The summed E-state index contributed by atoms with van der Waals surface area (Å²) in [6.45, 7) is 2.44. The minimum absolute atomic E-state index is 0.0108. The largest absolute Gasteiger partial charge is 0.493 e. The molecular weight excluding hydrogens is 424 g/mol. The van der Waals surface area contributed by atoms with Crippen LogP contribution < -0.4 is 14.8 Å². The molecule has 4 rings (SSSR count). The number of nitrogens with zero attached hydrogens (tertiary/aromatic N) is 1. The predicted octanol–water partition coefficient (Wildman–Crippen LogP) is 6.28. The molecule has 4 aromatic carbocycles. The lowest BCUT2D eigenvalue weighted by molar-refractivity contribution is -0.112. The minimum Gasteiger partial charge on any atom is -0.493 e. The maximum atomic E-state index is 12.8. The van der Waals surface area contributed by atoms with Gasteiger partial charge in [0.15, 0.2) is 11.5 Å². The maximum Gasteiger partial charge on any atom is 0.266 e. The molecule has 0 unspecified atom stereocenters. The lowest BCUT2D eigenvalue weighted by atomic mass is 10.1. The number of nitrogens with one attached hydrogen (secondary N) is 1. The molecule has 0 aliphatic carbocycles. The van der Waals surface area contributed by atoms with Gasteiger partial charge in [-0.15, -0.1) is 0 Å². The van der Waals surface area contributed by atoms with Crippen molar-refractivity contribution in [3.05, 3.63) is 107 Å². The topological polar surface area (TPSA) is 71.3 Å². The smallest absolute Gasteiger partial charge is 0.266 e. The highest BCUT2D eigenvalue weighted by molar-refractivity contribution is 6.12. The zero-order chi connectivity index (χ0) is 23.9. The molecule has 0 saturated carbocycles. The van der Waals surface area contributed by atoms with Gasteiger partial charge < -0.3 is 14.8 Å². The Morgan fingerprint density at radius 3 is 2.50 bits per heavy atom. The summed E-state index contributed by atoms with van der Waals surface area (Å²) < 4.78 is 11.4. The third-order valence-corrected chi connectivity index (χ3v) is 5.42. The number of fused-ring (bicyclic) bond motifs is 1. The first-order valence-electron chi connectivity index (χ1n) is 10.8. The summed E-state index contributed by atoms with van der Waals surface area (Å²) in [6.07, 6.45) is 1.53. The van der Waals surface area contributed by atoms with Crippen molar-refractivity contribution in [3.63, 3.8) is 0 Å². The Morgan fingerprint density at radius 2 is 1.74 bits per heavy atom. The Balaban J connectivity index is 1.52. The van der Waals surface area contributed by atoms with E-state index in [1.165, 1.54) is 11.6 Å². The Kier molecular flexibility index (Phi) is 6.90. The Labute approximate surface area is 198 Å². The molecule has 0 spiro atoms. The second-order valence-corrected chi connectivity index (χ2v) is 7.84. The number of rotatable bonds is 7. The molecule has 0 bridgehead atoms. The molecule has 34 heavy (non-hydrogen) atoms. The van der Waals surface area contributed by atoms with Gasteiger partial charge in [-0.25, -0.2) is 0 Å². The molecule has 0 aromatic heterocycles. The quantitative estimate of drug-likeness (QED) is 0.267. The zero-order valence-corrected chi connectivity index (χ0v) is 19.0. The molecule has 0 aliphatic heterocycles. The van der Waals surface area contributed by atoms with Crippen LogP contribution in [0.3, 0.4) is 0 Å². The fourth-order valence-corrected chi connectivity index (χ4v) is 3.58. The average molecular weight is 449 g/mol. The van der Waals surface area contributed by atoms with Crippen LogP contribution in [0.5, 0.6) is 11.5 Å². The Hall–Kier alpha value is -4.56. The minimum atomic E-state index is -0.475. The van der Waals surface area contributed by atoms with E-state index in [0.717, 1.165) is 16.3 Å². The monoisotopic (exact) mass is 448 g/mol. The third-order valence-electron chi connectivity index (χ3n) is 5.42. The predicted molar refractivity (Wildman–Crippen MR) is 135 cm³/mol. The average Bonchev–Trinajstić information content (AvgIpc) is 2.87.